The molecular formula is C13H15NO2. The summed E-state index contributed by atoms with van der Waals surface area (Å²) in [6.45, 7) is 2.37. The maximum Gasteiger partial charge on any atom is 0.255 e. The Morgan fingerprint density at radius 2 is 1.94 bits per heavy atom. The summed E-state index contributed by atoms with van der Waals surface area (Å²) in [5.74, 6) is -0.123. The van der Waals surface area contributed by atoms with Gasteiger partial charge in [0, 0.05) is 6.54 Å². The van der Waals surface area contributed by atoms with E-state index >= 15 is 0 Å². The lowest BCUT2D eigenvalue weighted by atomic mass is 9.85. The molecule has 2 heterocycles. The number of benzene rings is 1. The van der Waals surface area contributed by atoms with Crippen molar-refractivity contribution >= 4 is 5.91 Å². The molecule has 0 aliphatic carbocycles. The highest BCUT2D eigenvalue weighted by Gasteiger charge is 2.62. The Balaban J connectivity index is 1.94. The van der Waals surface area contributed by atoms with Gasteiger partial charge in [-0.15, -0.1) is 0 Å². The van der Waals surface area contributed by atoms with Crippen LogP contribution in [-0.4, -0.2) is 28.1 Å². The van der Waals surface area contributed by atoms with Crippen molar-refractivity contribution in [2.45, 2.75) is 30.9 Å². The molecule has 1 aromatic rings. The predicted octanol–water partition coefficient (Wildman–Crippen LogP) is 1.27. The van der Waals surface area contributed by atoms with E-state index in [0.29, 0.717) is 6.42 Å². The van der Waals surface area contributed by atoms with Crippen molar-refractivity contribution in [2.75, 3.05) is 6.54 Å². The Hall–Kier alpha value is -1.35. The van der Waals surface area contributed by atoms with E-state index in [1.165, 1.54) is 5.56 Å². The lowest BCUT2D eigenvalue weighted by Gasteiger charge is -2.32. The summed E-state index contributed by atoms with van der Waals surface area (Å²) in [6.07, 6.45) is 1.41. The van der Waals surface area contributed by atoms with E-state index in [0.717, 1.165) is 13.0 Å². The van der Waals surface area contributed by atoms with E-state index < -0.39 is 5.60 Å². The Kier molecular flexibility index (Phi) is 1.76. The molecular weight excluding hydrogens is 202 g/mol. The highest BCUT2D eigenvalue weighted by Crippen LogP contribution is 2.52. The van der Waals surface area contributed by atoms with Gasteiger partial charge in [-0.3, -0.25) is 4.79 Å². The second-order valence-electron chi connectivity index (χ2n) is 5.06. The van der Waals surface area contributed by atoms with Gasteiger partial charge in [-0.2, -0.15) is 0 Å². The average Bonchev–Trinajstić information content (AvgIpc) is 3.02. The first-order valence-electron chi connectivity index (χ1n) is 5.66. The molecule has 2 aliphatic heterocycles. The summed E-state index contributed by atoms with van der Waals surface area (Å²) >= 11 is 0. The molecule has 0 spiro atoms. The Morgan fingerprint density at radius 3 is 2.62 bits per heavy atom. The second kappa shape index (κ2) is 2.86. The van der Waals surface area contributed by atoms with Gasteiger partial charge < -0.3 is 10.0 Å². The van der Waals surface area contributed by atoms with E-state index in [1.54, 1.807) is 11.8 Å². The van der Waals surface area contributed by atoms with Crippen LogP contribution < -0.4 is 0 Å². The summed E-state index contributed by atoms with van der Waals surface area (Å²) in [5.41, 5.74) is -0.0751. The summed E-state index contributed by atoms with van der Waals surface area (Å²) in [6, 6.07) is 10.1. The molecule has 1 amide bonds. The van der Waals surface area contributed by atoms with Crippen molar-refractivity contribution in [1.82, 2.24) is 4.90 Å². The summed E-state index contributed by atoms with van der Waals surface area (Å²) < 4.78 is 0. The molecule has 2 fully saturated rings. The predicted molar refractivity (Wildman–Crippen MR) is 59.7 cm³/mol. The van der Waals surface area contributed by atoms with Gasteiger partial charge in [0.05, 0.1) is 5.54 Å². The highest BCUT2D eigenvalue weighted by atomic mass is 16.3. The van der Waals surface area contributed by atoms with E-state index in [-0.39, 0.29) is 11.4 Å². The lowest BCUT2D eigenvalue weighted by molar-refractivity contribution is -0.149. The monoisotopic (exact) mass is 217 g/mol. The van der Waals surface area contributed by atoms with Crippen LogP contribution in [0.15, 0.2) is 30.3 Å². The fourth-order valence-electron chi connectivity index (χ4n) is 2.69. The Bertz CT molecular complexity index is 441. The molecule has 3 heteroatoms. The van der Waals surface area contributed by atoms with Crippen LogP contribution in [0.1, 0.15) is 25.3 Å². The van der Waals surface area contributed by atoms with Gasteiger partial charge in [0.1, 0.15) is 5.60 Å². The molecule has 0 bridgehead atoms. The number of rotatable bonds is 1. The first-order chi connectivity index (χ1) is 7.56. The fraction of sp³-hybridized carbons (Fsp3) is 0.462. The molecule has 1 N–H and O–H groups in total. The normalized spacial score (nSPS) is 37.1. The van der Waals surface area contributed by atoms with Gasteiger partial charge >= 0.3 is 0 Å². The minimum atomic E-state index is -1.16. The molecule has 3 nitrogen and oxygen atoms in total. The number of nitrogens with zero attached hydrogens (tertiary/aromatic N) is 1. The third-order valence-corrected chi connectivity index (χ3v) is 3.88. The van der Waals surface area contributed by atoms with Crippen molar-refractivity contribution in [2.24, 2.45) is 0 Å². The number of hydrogen-bond donors (Lipinski definition) is 1. The first-order valence-corrected chi connectivity index (χ1v) is 5.66. The molecule has 84 valence electrons. The van der Waals surface area contributed by atoms with E-state index in [9.17, 15) is 9.90 Å². The Morgan fingerprint density at radius 1 is 1.25 bits per heavy atom. The van der Waals surface area contributed by atoms with E-state index in [1.807, 2.05) is 18.2 Å². The molecule has 0 radical (unpaired) electrons. The van der Waals surface area contributed by atoms with Crippen molar-refractivity contribution in [3.63, 3.8) is 0 Å². The van der Waals surface area contributed by atoms with Crippen LogP contribution >= 0.6 is 0 Å². The summed E-state index contributed by atoms with van der Waals surface area (Å²) in [7, 11) is 0. The van der Waals surface area contributed by atoms with Gasteiger partial charge in [0.25, 0.3) is 5.91 Å². The topological polar surface area (TPSA) is 40.3 Å². The molecule has 0 aromatic heterocycles. The summed E-state index contributed by atoms with van der Waals surface area (Å²) in [4.78, 5) is 13.7. The minimum absolute atomic E-state index is 0.111. The Labute approximate surface area is 94.7 Å². The first kappa shape index (κ1) is 9.85. The van der Waals surface area contributed by atoms with Crippen molar-refractivity contribution in [3.05, 3.63) is 35.9 Å². The SMILES string of the molecule is C[C@]1(O)CC[C@@]2(c3ccccc3)CN2C1=O. The molecule has 2 aliphatic rings. The largest absolute Gasteiger partial charge is 0.380 e. The van der Waals surface area contributed by atoms with Crippen LogP contribution in [0.2, 0.25) is 0 Å². The quantitative estimate of drug-likeness (QED) is 0.720. The van der Waals surface area contributed by atoms with E-state index in [2.05, 4.69) is 12.1 Å². The maximum atomic E-state index is 11.9. The van der Waals surface area contributed by atoms with Crippen LogP contribution in [-0.2, 0) is 10.3 Å². The van der Waals surface area contributed by atoms with Crippen LogP contribution in [0.25, 0.3) is 0 Å². The highest BCUT2D eigenvalue weighted by molar-refractivity contribution is 5.89. The van der Waals surface area contributed by atoms with Crippen molar-refractivity contribution < 1.29 is 9.90 Å². The van der Waals surface area contributed by atoms with Crippen LogP contribution in [0, 0.1) is 0 Å². The smallest absolute Gasteiger partial charge is 0.255 e. The van der Waals surface area contributed by atoms with Gasteiger partial charge in [-0.25, -0.2) is 0 Å². The molecule has 16 heavy (non-hydrogen) atoms. The number of piperidine rings is 1. The number of hydrogen-bond acceptors (Lipinski definition) is 2. The molecule has 3 rings (SSSR count). The standard InChI is InChI=1S/C13H15NO2/c1-12(16)7-8-13(9-14(13)11(12)15)10-5-3-2-4-6-10/h2-6,16H,7-9H2,1H3/t12-,13-,14?/m0/s1. The number of carbonyl (C=O) groups excluding carboxylic acids is 1. The van der Waals surface area contributed by atoms with Gasteiger partial charge in [-0.1, -0.05) is 30.3 Å². The number of aliphatic hydroxyl groups is 1. The molecule has 2 atom stereocenters. The number of amides is 1. The summed E-state index contributed by atoms with van der Waals surface area (Å²) in [5, 5.41) is 9.91. The fourth-order valence-corrected chi connectivity index (χ4v) is 2.69. The van der Waals surface area contributed by atoms with Gasteiger partial charge in [0.15, 0.2) is 0 Å². The molecule has 0 unspecified atom stereocenters. The molecule has 1 aromatic carbocycles. The molecule has 0 saturated carbocycles. The number of fused-ring (bicyclic) bond motifs is 1. The number of carbonyl (C=O) groups is 1. The van der Waals surface area contributed by atoms with Crippen LogP contribution in [0.3, 0.4) is 0 Å². The minimum Gasteiger partial charge on any atom is -0.380 e. The maximum absolute atomic E-state index is 11.9. The van der Waals surface area contributed by atoms with Gasteiger partial charge in [-0.05, 0) is 25.3 Å². The third-order valence-electron chi connectivity index (χ3n) is 3.88. The zero-order chi connectivity index (χ0) is 11.4. The second-order valence-corrected chi connectivity index (χ2v) is 5.06. The lowest BCUT2D eigenvalue weighted by Crippen LogP contribution is -2.46. The van der Waals surface area contributed by atoms with Crippen LogP contribution in [0.4, 0.5) is 0 Å². The average molecular weight is 217 g/mol. The van der Waals surface area contributed by atoms with Crippen LogP contribution in [0.5, 0.6) is 0 Å². The van der Waals surface area contributed by atoms with Crippen molar-refractivity contribution in [3.8, 4) is 0 Å². The zero-order valence-electron chi connectivity index (χ0n) is 9.31. The van der Waals surface area contributed by atoms with Crippen molar-refractivity contribution in [1.29, 1.82) is 0 Å². The van der Waals surface area contributed by atoms with E-state index in [4.69, 9.17) is 0 Å². The third kappa shape index (κ3) is 1.15. The van der Waals surface area contributed by atoms with Gasteiger partial charge in [0.2, 0.25) is 0 Å². The molecule has 2 saturated heterocycles. The zero-order valence-corrected chi connectivity index (χ0v) is 9.31.